The van der Waals surface area contributed by atoms with Crippen LogP contribution in [-0.4, -0.2) is 11.9 Å². The number of rotatable bonds is 1. The predicted molar refractivity (Wildman–Crippen MR) is 48.4 cm³/mol. The van der Waals surface area contributed by atoms with Gasteiger partial charge in [0.2, 0.25) is 5.91 Å². The van der Waals surface area contributed by atoms with Gasteiger partial charge in [0, 0.05) is 6.92 Å². The van der Waals surface area contributed by atoms with Crippen molar-refractivity contribution in [2.75, 3.05) is 5.32 Å². The fourth-order valence-corrected chi connectivity index (χ4v) is 1.27. The standard InChI is InChI=1S/C9H7NO5/c1-4(11)10-6-2-5-7(15-9(6)13)3-14-8(5)12/h2H,3H2,1H3,(H,10,11). The first-order valence-electron chi connectivity index (χ1n) is 4.19. The molecule has 1 amide bonds. The van der Waals surface area contributed by atoms with Crippen LogP contribution in [0.2, 0.25) is 0 Å². The molecule has 0 radical (unpaired) electrons. The molecule has 0 saturated heterocycles. The first kappa shape index (κ1) is 9.45. The van der Waals surface area contributed by atoms with E-state index in [0.717, 1.165) is 0 Å². The Balaban J connectivity index is 2.50. The van der Waals surface area contributed by atoms with E-state index >= 15 is 0 Å². The van der Waals surface area contributed by atoms with Crippen LogP contribution in [0.25, 0.3) is 0 Å². The summed E-state index contributed by atoms with van der Waals surface area (Å²) in [5.41, 5.74) is -0.569. The Morgan fingerprint density at radius 2 is 2.20 bits per heavy atom. The van der Waals surface area contributed by atoms with Crippen LogP contribution in [0.4, 0.5) is 5.69 Å². The van der Waals surface area contributed by atoms with Crippen molar-refractivity contribution in [2.24, 2.45) is 0 Å². The van der Waals surface area contributed by atoms with Gasteiger partial charge < -0.3 is 14.5 Å². The number of ether oxygens (including phenoxy) is 1. The summed E-state index contributed by atoms with van der Waals surface area (Å²) in [6.45, 7) is 1.22. The molecular weight excluding hydrogens is 202 g/mol. The van der Waals surface area contributed by atoms with E-state index in [1.165, 1.54) is 13.0 Å². The molecule has 0 saturated carbocycles. The van der Waals surface area contributed by atoms with E-state index < -0.39 is 17.5 Å². The van der Waals surface area contributed by atoms with Crippen LogP contribution in [-0.2, 0) is 16.1 Å². The zero-order valence-electron chi connectivity index (χ0n) is 7.83. The van der Waals surface area contributed by atoms with Crippen molar-refractivity contribution in [1.82, 2.24) is 0 Å². The van der Waals surface area contributed by atoms with Gasteiger partial charge in [0.1, 0.15) is 11.3 Å². The number of amides is 1. The number of carbonyl (C=O) groups excluding carboxylic acids is 2. The monoisotopic (exact) mass is 209 g/mol. The highest BCUT2D eigenvalue weighted by molar-refractivity contribution is 5.95. The van der Waals surface area contributed by atoms with Crippen molar-refractivity contribution in [3.05, 3.63) is 27.8 Å². The number of fused-ring (bicyclic) bond motifs is 1. The van der Waals surface area contributed by atoms with Crippen LogP contribution in [0, 0.1) is 0 Å². The second-order valence-corrected chi connectivity index (χ2v) is 3.04. The largest absolute Gasteiger partial charge is 0.454 e. The zero-order chi connectivity index (χ0) is 11.0. The van der Waals surface area contributed by atoms with Gasteiger partial charge >= 0.3 is 11.6 Å². The minimum atomic E-state index is -0.692. The third-order valence-corrected chi connectivity index (χ3v) is 1.89. The molecule has 6 heteroatoms. The Bertz CT molecular complexity index is 502. The van der Waals surface area contributed by atoms with Crippen LogP contribution in [0.1, 0.15) is 23.0 Å². The number of hydrogen-bond donors (Lipinski definition) is 1. The second-order valence-electron chi connectivity index (χ2n) is 3.04. The molecule has 2 rings (SSSR count). The van der Waals surface area contributed by atoms with Gasteiger partial charge in [-0.3, -0.25) is 4.79 Å². The summed E-state index contributed by atoms with van der Waals surface area (Å²) in [4.78, 5) is 33.1. The van der Waals surface area contributed by atoms with Gasteiger partial charge in [-0.25, -0.2) is 9.59 Å². The highest BCUT2D eigenvalue weighted by Gasteiger charge is 2.25. The smallest absolute Gasteiger partial charge is 0.360 e. The molecule has 78 valence electrons. The Labute approximate surface area is 83.8 Å². The van der Waals surface area contributed by atoms with Gasteiger partial charge in [0.25, 0.3) is 0 Å². The number of hydrogen-bond acceptors (Lipinski definition) is 5. The maximum Gasteiger partial charge on any atom is 0.360 e. The second kappa shape index (κ2) is 3.23. The maximum atomic E-state index is 11.3. The van der Waals surface area contributed by atoms with Gasteiger partial charge in [-0.2, -0.15) is 0 Å². The van der Waals surface area contributed by atoms with Crippen molar-refractivity contribution in [3.8, 4) is 0 Å². The summed E-state index contributed by atoms with van der Waals surface area (Å²) >= 11 is 0. The van der Waals surface area contributed by atoms with Crippen molar-refractivity contribution in [2.45, 2.75) is 13.5 Å². The Morgan fingerprint density at radius 3 is 2.87 bits per heavy atom. The highest BCUT2D eigenvalue weighted by atomic mass is 16.6. The first-order chi connectivity index (χ1) is 7.08. The quantitative estimate of drug-likeness (QED) is 0.671. The molecule has 1 aromatic rings. The van der Waals surface area contributed by atoms with E-state index in [4.69, 9.17) is 4.42 Å². The molecule has 0 spiro atoms. The highest BCUT2D eigenvalue weighted by Crippen LogP contribution is 2.20. The number of nitrogens with one attached hydrogen (secondary N) is 1. The lowest BCUT2D eigenvalue weighted by Gasteiger charge is -2.00. The van der Waals surface area contributed by atoms with Crippen LogP contribution in [0.5, 0.6) is 0 Å². The van der Waals surface area contributed by atoms with E-state index in [9.17, 15) is 14.4 Å². The first-order valence-corrected chi connectivity index (χ1v) is 4.19. The topological polar surface area (TPSA) is 85.6 Å². The molecule has 6 nitrogen and oxygen atoms in total. The summed E-state index contributed by atoms with van der Waals surface area (Å²) in [6.07, 6.45) is 0. The summed E-state index contributed by atoms with van der Waals surface area (Å²) in [7, 11) is 0. The third-order valence-electron chi connectivity index (χ3n) is 1.89. The van der Waals surface area contributed by atoms with Crippen molar-refractivity contribution in [1.29, 1.82) is 0 Å². The third kappa shape index (κ3) is 1.61. The number of esters is 1. The molecule has 0 aromatic carbocycles. The molecule has 1 aliphatic heterocycles. The van der Waals surface area contributed by atoms with Crippen LogP contribution >= 0.6 is 0 Å². The average Bonchev–Trinajstić information content (AvgIpc) is 2.48. The summed E-state index contributed by atoms with van der Waals surface area (Å²) in [5.74, 6) is -0.770. The van der Waals surface area contributed by atoms with Crippen molar-refractivity contribution >= 4 is 17.6 Å². The minimum Gasteiger partial charge on any atom is -0.454 e. The van der Waals surface area contributed by atoms with E-state index in [1.807, 2.05) is 0 Å². The number of anilines is 1. The molecule has 15 heavy (non-hydrogen) atoms. The van der Waals surface area contributed by atoms with Gasteiger partial charge in [-0.1, -0.05) is 0 Å². The van der Waals surface area contributed by atoms with Crippen LogP contribution in [0.15, 0.2) is 15.3 Å². The molecule has 0 fully saturated rings. The Hall–Kier alpha value is -2.11. The molecule has 2 heterocycles. The number of cyclic esters (lactones) is 1. The minimum absolute atomic E-state index is 0.0379. The lowest BCUT2D eigenvalue weighted by atomic mass is 10.2. The molecule has 1 N–H and O–H groups in total. The molecular formula is C9H7NO5. The van der Waals surface area contributed by atoms with E-state index in [1.54, 1.807) is 0 Å². The summed E-state index contributed by atoms with van der Waals surface area (Å²) in [5, 5.41) is 2.27. The summed E-state index contributed by atoms with van der Waals surface area (Å²) in [6, 6.07) is 1.26. The lowest BCUT2D eigenvalue weighted by molar-refractivity contribution is -0.114. The van der Waals surface area contributed by atoms with Gasteiger partial charge in [0.15, 0.2) is 12.4 Å². The van der Waals surface area contributed by atoms with Crippen molar-refractivity contribution in [3.63, 3.8) is 0 Å². The van der Waals surface area contributed by atoms with E-state index in [0.29, 0.717) is 0 Å². The van der Waals surface area contributed by atoms with Crippen LogP contribution in [0.3, 0.4) is 0 Å². The molecule has 0 unspecified atom stereocenters. The molecule has 1 aromatic heterocycles. The zero-order valence-corrected chi connectivity index (χ0v) is 7.83. The predicted octanol–water partition coefficient (Wildman–Crippen LogP) is 0.269. The SMILES string of the molecule is CC(=O)Nc1cc2c(oc1=O)COC2=O. The maximum absolute atomic E-state index is 11.3. The van der Waals surface area contributed by atoms with Crippen LogP contribution < -0.4 is 10.9 Å². The summed E-state index contributed by atoms with van der Waals surface area (Å²) < 4.78 is 9.46. The number of carbonyl (C=O) groups is 2. The van der Waals surface area contributed by atoms with Crippen molar-refractivity contribution < 1.29 is 18.7 Å². The van der Waals surface area contributed by atoms with Gasteiger partial charge in [-0.15, -0.1) is 0 Å². The molecule has 1 aliphatic rings. The average molecular weight is 209 g/mol. The van der Waals surface area contributed by atoms with Gasteiger partial charge in [0.05, 0.1) is 0 Å². The molecule has 0 bridgehead atoms. The Kier molecular flexibility index (Phi) is 2.03. The fraction of sp³-hybridized carbons (Fsp3) is 0.222. The van der Waals surface area contributed by atoms with E-state index in [2.05, 4.69) is 10.1 Å². The van der Waals surface area contributed by atoms with Gasteiger partial charge in [-0.05, 0) is 6.07 Å². The fourth-order valence-electron chi connectivity index (χ4n) is 1.27. The Morgan fingerprint density at radius 1 is 1.47 bits per heavy atom. The molecule has 0 aliphatic carbocycles. The molecule has 0 atom stereocenters. The van der Waals surface area contributed by atoms with E-state index in [-0.39, 0.29) is 23.6 Å². The normalized spacial score (nSPS) is 13.3. The lowest BCUT2D eigenvalue weighted by Crippen LogP contribution is -2.15.